The second kappa shape index (κ2) is 8.24. The van der Waals surface area contributed by atoms with Gasteiger partial charge in [0.25, 0.3) is 16.8 Å². The van der Waals surface area contributed by atoms with Gasteiger partial charge in [-0.25, -0.2) is 8.42 Å². The van der Waals surface area contributed by atoms with E-state index >= 15 is 0 Å². The van der Waals surface area contributed by atoms with Crippen molar-refractivity contribution in [3.05, 3.63) is 44.2 Å². The molecule has 2 aromatic rings. The van der Waals surface area contributed by atoms with Crippen LogP contribution in [-0.2, 0) is 10.0 Å². The zero-order valence-corrected chi connectivity index (χ0v) is 18.1. The Morgan fingerprint density at radius 3 is 2.10 bits per heavy atom. The highest BCUT2D eigenvalue weighted by molar-refractivity contribution is 7.92. The van der Waals surface area contributed by atoms with Crippen molar-refractivity contribution in [3.63, 3.8) is 0 Å². The lowest BCUT2D eigenvalue weighted by Gasteiger charge is -2.23. The lowest BCUT2D eigenvalue weighted by molar-refractivity contribution is 0.0828. The van der Waals surface area contributed by atoms with Crippen LogP contribution in [0.4, 0.5) is 22.7 Å². The van der Waals surface area contributed by atoms with Gasteiger partial charge in [-0.05, 0) is 25.0 Å². The fraction of sp³-hybridized carbons (Fsp3) is 0.421. The molecule has 0 aliphatic heterocycles. The van der Waals surface area contributed by atoms with Gasteiger partial charge < -0.3 is 15.5 Å². The normalized spacial score (nSPS) is 12.7. The Kier molecular flexibility index (Phi) is 6.37. The van der Waals surface area contributed by atoms with E-state index < -0.39 is 26.8 Å². The van der Waals surface area contributed by atoms with Crippen LogP contribution in [-0.4, -0.2) is 45.6 Å². The monoisotopic (exact) mass is 422 g/mol. The second-order valence-electron chi connectivity index (χ2n) is 7.51. The number of hydrogen-bond acceptors (Lipinski definition) is 7. The highest BCUT2D eigenvalue weighted by Crippen LogP contribution is 2.32. The SMILES string of the molecule is CC(C)[C@H](C)Nc1c(Nc2cccc(C(=O)N(C)C)c2NS(C)(=O)=O)c(=O)c1=O. The number of anilines is 4. The molecule has 0 bridgehead atoms. The van der Waals surface area contributed by atoms with E-state index in [1.807, 2.05) is 20.8 Å². The van der Waals surface area contributed by atoms with Crippen LogP contribution in [0.25, 0.3) is 0 Å². The maximum Gasteiger partial charge on any atom is 0.255 e. The van der Waals surface area contributed by atoms with Crippen molar-refractivity contribution in [1.82, 2.24) is 4.90 Å². The van der Waals surface area contributed by atoms with Crippen molar-refractivity contribution in [2.24, 2.45) is 5.92 Å². The van der Waals surface area contributed by atoms with Gasteiger partial charge in [-0.15, -0.1) is 0 Å². The largest absolute Gasteiger partial charge is 0.377 e. The van der Waals surface area contributed by atoms with E-state index in [4.69, 9.17) is 0 Å². The highest BCUT2D eigenvalue weighted by atomic mass is 32.2. The Morgan fingerprint density at radius 2 is 1.59 bits per heavy atom. The summed E-state index contributed by atoms with van der Waals surface area (Å²) in [6, 6.07) is 4.49. The van der Waals surface area contributed by atoms with E-state index in [0.717, 1.165) is 6.26 Å². The summed E-state index contributed by atoms with van der Waals surface area (Å²) in [5, 5.41) is 5.85. The molecule has 10 heteroatoms. The third-order valence-electron chi connectivity index (χ3n) is 4.53. The van der Waals surface area contributed by atoms with Crippen LogP contribution >= 0.6 is 0 Å². The number of benzene rings is 1. The lowest BCUT2D eigenvalue weighted by atomic mass is 10.0. The van der Waals surface area contributed by atoms with Crippen molar-refractivity contribution >= 4 is 38.7 Å². The minimum atomic E-state index is -3.72. The van der Waals surface area contributed by atoms with Crippen LogP contribution in [0.1, 0.15) is 31.1 Å². The molecule has 0 spiro atoms. The lowest BCUT2D eigenvalue weighted by Crippen LogP contribution is -2.39. The maximum atomic E-state index is 12.5. The number of para-hydroxylation sites is 1. The average Bonchev–Trinajstić information content (AvgIpc) is 2.62. The van der Waals surface area contributed by atoms with Crippen LogP contribution in [0.5, 0.6) is 0 Å². The molecule has 9 nitrogen and oxygen atoms in total. The zero-order valence-electron chi connectivity index (χ0n) is 17.3. The molecule has 1 amide bonds. The van der Waals surface area contributed by atoms with Gasteiger partial charge in [-0.1, -0.05) is 19.9 Å². The fourth-order valence-corrected chi connectivity index (χ4v) is 3.14. The average molecular weight is 423 g/mol. The molecule has 29 heavy (non-hydrogen) atoms. The first kappa shape index (κ1) is 22.4. The minimum absolute atomic E-state index is 0.00427. The first-order valence-corrected chi connectivity index (χ1v) is 10.9. The van der Waals surface area contributed by atoms with E-state index in [-0.39, 0.29) is 40.3 Å². The van der Waals surface area contributed by atoms with Crippen molar-refractivity contribution in [2.75, 3.05) is 35.7 Å². The molecule has 0 aromatic heterocycles. The van der Waals surface area contributed by atoms with Gasteiger partial charge in [0.2, 0.25) is 10.0 Å². The van der Waals surface area contributed by atoms with Crippen LogP contribution in [0.15, 0.2) is 27.8 Å². The molecule has 0 unspecified atom stereocenters. The fourth-order valence-electron chi connectivity index (χ4n) is 2.55. The molecule has 0 aliphatic rings. The molecule has 2 rings (SSSR count). The first-order chi connectivity index (χ1) is 13.3. The number of amides is 1. The van der Waals surface area contributed by atoms with Gasteiger partial charge in [-0.3, -0.25) is 19.1 Å². The predicted octanol–water partition coefficient (Wildman–Crippen LogP) is 1.56. The molecule has 3 N–H and O–H groups in total. The maximum absolute atomic E-state index is 12.5. The van der Waals surface area contributed by atoms with Crippen LogP contribution in [0.2, 0.25) is 0 Å². The van der Waals surface area contributed by atoms with E-state index in [0.29, 0.717) is 0 Å². The number of carbonyl (C=O) groups is 1. The Balaban J connectivity index is 2.53. The van der Waals surface area contributed by atoms with Gasteiger partial charge in [-0.2, -0.15) is 0 Å². The molecular formula is C19H26N4O5S. The van der Waals surface area contributed by atoms with Crippen LogP contribution in [0, 0.1) is 5.92 Å². The van der Waals surface area contributed by atoms with Crippen LogP contribution < -0.4 is 26.2 Å². The third-order valence-corrected chi connectivity index (χ3v) is 5.11. The van der Waals surface area contributed by atoms with Crippen LogP contribution in [0.3, 0.4) is 0 Å². The van der Waals surface area contributed by atoms with Gasteiger partial charge in [0.15, 0.2) is 0 Å². The first-order valence-electron chi connectivity index (χ1n) is 9.02. The van der Waals surface area contributed by atoms with E-state index in [1.54, 1.807) is 20.2 Å². The smallest absolute Gasteiger partial charge is 0.255 e. The number of rotatable bonds is 8. The second-order valence-corrected chi connectivity index (χ2v) is 9.26. The summed E-state index contributed by atoms with van der Waals surface area (Å²) in [5.41, 5.74) is -0.871. The van der Waals surface area contributed by atoms with Gasteiger partial charge in [0.1, 0.15) is 11.4 Å². The van der Waals surface area contributed by atoms with Gasteiger partial charge in [0.05, 0.1) is 23.2 Å². The molecule has 0 saturated heterocycles. The van der Waals surface area contributed by atoms with Crippen molar-refractivity contribution < 1.29 is 13.2 Å². The van der Waals surface area contributed by atoms with Crippen molar-refractivity contribution in [2.45, 2.75) is 26.8 Å². The molecule has 158 valence electrons. The Bertz CT molecular complexity index is 1100. The molecular weight excluding hydrogens is 396 g/mol. The highest BCUT2D eigenvalue weighted by Gasteiger charge is 2.26. The van der Waals surface area contributed by atoms with E-state index in [2.05, 4.69) is 15.4 Å². The number of nitrogens with zero attached hydrogens (tertiary/aromatic N) is 1. The molecule has 0 saturated carbocycles. The molecule has 1 atom stereocenters. The topological polar surface area (TPSA) is 125 Å². The van der Waals surface area contributed by atoms with Crippen molar-refractivity contribution in [1.29, 1.82) is 0 Å². The summed E-state index contributed by atoms with van der Waals surface area (Å²) in [6.07, 6.45) is 0.961. The molecule has 0 aliphatic carbocycles. The summed E-state index contributed by atoms with van der Waals surface area (Å²) in [7, 11) is -0.638. The molecule has 0 heterocycles. The van der Waals surface area contributed by atoms with Crippen molar-refractivity contribution in [3.8, 4) is 0 Å². The Morgan fingerprint density at radius 1 is 1.00 bits per heavy atom. The Labute approximate surface area is 169 Å². The summed E-state index contributed by atoms with van der Waals surface area (Å²) in [5.74, 6) is -0.202. The summed E-state index contributed by atoms with van der Waals surface area (Å²) in [4.78, 5) is 37.9. The Hall–Kier alpha value is -2.88. The number of hydrogen-bond donors (Lipinski definition) is 3. The molecule has 0 fully saturated rings. The summed E-state index contributed by atoms with van der Waals surface area (Å²) in [6.45, 7) is 5.83. The minimum Gasteiger partial charge on any atom is -0.377 e. The standard InChI is InChI=1S/C19H26N4O5S/c1-10(2)11(3)20-15-16(18(25)17(15)24)21-13-9-7-8-12(19(26)23(4)5)14(13)22-29(6,27)28/h7-11,20-22H,1-6H3/t11-/m0/s1. The van der Waals surface area contributed by atoms with Gasteiger partial charge in [0, 0.05) is 20.1 Å². The number of sulfonamides is 1. The quantitative estimate of drug-likeness (QED) is 0.551. The summed E-state index contributed by atoms with van der Waals surface area (Å²) < 4.78 is 26.0. The molecule has 2 aromatic carbocycles. The number of nitrogens with one attached hydrogen (secondary N) is 3. The third kappa shape index (κ3) is 4.94. The van der Waals surface area contributed by atoms with E-state index in [1.165, 1.54) is 17.0 Å². The molecule has 0 radical (unpaired) electrons. The van der Waals surface area contributed by atoms with Gasteiger partial charge >= 0.3 is 0 Å². The van der Waals surface area contributed by atoms with E-state index in [9.17, 15) is 22.8 Å². The predicted molar refractivity (Wildman–Crippen MR) is 115 cm³/mol. The zero-order chi connectivity index (χ0) is 22.1. The summed E-state index contributed by atoms with van der Waals surface area (Å²) >= 11 is 0. The number of carbonyl (C=O) groups excluding carboxylic acids is 1.